The van der Waals surface area contributed by atoms with E-state index in [0.29, 0.717) is 48.8 Å². The van der Waals surface area contributed by atoms with Gasteiger partial charge in [-0.1, -0.05) is 0 Å². The summed E-state index contributed by atoms with van der Waals surface area (Å²) in [7, 11) is 3.32. The van der Waals surface area contributed by atoms with Gasteiger partial charge in [0.05, 0.1) is 37.7 Å². The van der Waals surface area contributed by atoms with Crippen LogP contribution in [0.25, 0.3) is 10.9 Å². The Morgan fingerprint density at radius 1 is 1.12 bits per heavy atom. The summed E-state index contributed by atoms with van der Waals surface area (Å²) >= 11 is 0. The zero-order valence-electron chi connectivity index (χ0n) is 19.5. The molecule has 1 aliphatic heterocycles. The minimum Gasteiger partial charge on any atom is -0.497 e. The normalized spacial score (nSPS) is 14.3. The second kappa shape index (κ2) is 10.0. The number of benzene rings is 1. The van der Waals surface area contributed by atoms with Crippen LogP contribution in [0, 0.1) is 0 Å². The Kier molecular flexibility index (Phi) is 6.87. The van der Waals surface area contributed by atoms with Crippen molar-refractivity contribution in [2.75, 3.05) is 51.8 Å². The van der Waals surface area contributed by atoms with Crippen molar-refractivity contribution in [3.05, 3.63) is 48.0 Å². The number of esters is 1. The smallest absolute Gasteiger partial charge is 0.357 e. The number of nitrogens with one attached hydrogen (secondary N) is 1. The molecule has 0 spiro atoms. The van der Waals surface area contributed by atoms with Crippen molar-refractivity contribution >= 4 is 34.4 Å². The number of furan rings is 1. The number of amides is 2. The van der Waals surface area contributed by atoms with E-state index in [2.05, 4.69) is 5.32 Å². The van der Waals surface area contributed by atoms with Gasteiger partial charge in [0.25, 0.3) is 5.91 Å². The Morgan fingerprint density at radius 3 is 2.53 bits per heavy atom. The molecule has 1 aromatic carbocycles. The number of rotatable bonds is 7. The van der Waals surface area contributed by atoms with Crippen LogP contribution in [0.1, 0.15) is 28.0 Å². The van der Waals surface area contributed by atoms with E-state index in [-0.39, 0.29) is 30.7 Å². The number of piperazine rings is 1. The number of aromatic nitrogens is 1. The topological polar surface area (TPSA) is 106 Å². The van der Waals surface area contributed by atoms with Gasteiger partial charge in [-0.3, -0.25) is 14.5 Å². The number of anilines is 1. The molecule has 1 aliphatic rings. The number of hydrogen-bond donors (Lipinski definition) is 1. The zero-order valence-corrected chi connectivity index (χ0v) is 19.5. The average molecular weight is 469 g/mol. The summed E-state index contributed by atoms with van der Waals surface area (Å²) in [6.07, 6.45) is 1.47. The minimum absolute atomic E-state index is 0.130. The van der Waals surface area contributed by atoms with Crippen LogP contribution < -0.4 is 10.1 Å². The molecule has 180 valence electrons. The molecule has 0 aliphatic carbocycles. The van der Waals surface area contributed by atoms with Gasteiger partial charge < -0.3 is 28.7 Å². The highest BCUT2D eigenvalue weighted by atomic mass is 16.5. The highest BCUT2D eigenvalue weighted by molar-refractivity contribution is 6.12. The number of aryl methyl sites for hydroxylation is 1. The molecule has 0 radical (unpaired) electrons. The first-order chi connectivity index (χ1) is 16.4. The summed E-state index contributed by atoms with van der Waals surface area (Å²) in [6, 6.07) is 8.74. The van der Waals surface area contributed by atoms with Crippen molar-refractivity contribution in [2.24, 2.45) is 7.05 Å². The van der Waals surface area contributed by atoms with Crippen LogP contribution in [-0.2, 0) is 16.6 Å². The van der Waals surface area contributed by atoms with Crippen LogP contribution in [0.5, 0.6) is 5.75 Å². The lowest BCUT2D eigenvalue weighted by Gasteiger charge is -2.33. The molecule has 2 amide bonds. The van der Waals surface area contributed by atoms with E-state index < -0.39 is 5.97 Å². The molecule has 2 aromatic heterocycles. The van der Waals surface area contributed by atoms with Gasteiger partial charge in [0, 0.05) is 38.6 Å². The maximum absolute atomic E-state index is 13.0. The molecule has 0 saturated carbocycles. The van der Waals surface area contributed by atoms with Crippen molar-refractivity contribution in [3.63, 3.8) is 0 Å². The van der Waals surface area contributed by atoms with Gasteiger partial charge in [-0.05, 0) is 37.3 Å². The van der Waals surface area contributed by atoms with E-state index in [9.17, 15) is 14.4 Å². The summed E-state index contributed by atoms with van der Waals surface area (Å²) in [5, 5.41) is 3.60. The third-order valence-electron chi connectivity index (χ3n) is 5.90. The first kappa shape index (κ1) is 23.4. The molecule has 1 N–H and O–H groups in total. The van der Waals surface area contributed by atoms with E-state index >= 15 is 0 Å². The molecular weight excluding hydrogens is 440 g/mol. The first-order valence-electron chi connectivity index (χ1n) is 11.1. The van der Waals surface area contributed by atoms with Gasteiger partial charge in [-0.2, -0.15) is 0 Å². The predicted molar refractivity (Wildman–Crippen MR) is 125 cm³/mol. The van der Waals surface area contributed by atoms with Gasteiger partial charge in [0.15, 0.2) is 11.5 Å². The SMILES string of the molecule is CCOC(=O)c1c(NC(=O)CN2CCN(C(=O)c3ccco3)CC2)c2cc(OC)ccc2n1C. The Labute approximate surface area is 197 Å². The average Bonchev–Trinajstić information content (AvgIpc) is 3.46. The summed E-state index contributed by atoms with van der Waals surface area (Å²) in [5.41, 5.74) is 1.43. The number of ether oxygens (including phenoxy) is 2. The molecule has 3 aromatic rings. The maximum atomic E-state index is 13.0. The van der Waals surface area contributed by atoms with Crippen LogP contribution in [0.2, 0.25) is 0 Å². The van der Waals surface area contributed by atoms with E-state index in [4.69, 9.17) is 13.9 Å². The van der Waals surface area contributed by atoms with Crippen molar-refractivity contribution in [1.82, 2.24) is 14.4 Å². The number of methoxy groups -OCH3 is 1. The summed E-state index contributed by atoms with van der Waals surface area (Å²) in [4.78, 5) is 41.8. The molecule has 1 fully saturated rings. The fourth-order valence-corrected chi connectivity index (χ4v) is 4.16. The van der Waals surface area contributed by atoms with Gasteiger partial charge in [-0.15, -0.1) is 0 Å². The van der Waals surface area contributed by atoms with Crippen molar-refractivity contribution in [1.29, 1.82) is 0 Å². The second-order valence-electron chi connectivity index (χ2n) is 7.98. The number of fused-ring (bicyclic) bond motifs is 1. The first-order valence-corrected chi connectivity index (χ1v) is 11.1. The van der Waals surface area contributed by atoms with Gasteiger partial charge >= 0.3 is 5.97 Å². The van der Waals surface area contributed by atoms with Crippen LogP contribution in [-0.4, -0.2) is 78.6 Å². The summed E-state index contributed by atoms with van der Waals surface area (Å²) < 4.78 is 17.5. The van der Waals surface area contributed by atoms with Crippen LogP contribution in [0.3, 0.4) is 0 Å². The zero-order chi connectivity index (χ0) is 24.2. The quantitative estimate of drug-likeness (QED) is 0.531. The Balaban J connectivity index is 1.48. The van der Waals surface area contributed by atoms with Gasteiger partial charge in [0.2, 0.25) is 5.91 Å². The summed E-state index contributed by atoms with van der Waals surface area (Å²) in [6.45, 7) is 4.17. The number of carbonyl (C=O) groups is 3. The highest BCUT2D eigenvalue weighted by Gasteiger charge is 2.27. The lowest BCUT2D eigenvalue weighted by Crippen LogP contribution is -2.50. The largest absolute Gasteiger partial charge is 0.497 e. The molecule has 10 heteroatoms. The fraction of sp³-hybridized carbons (Fsp3) is 0.375. The molecular formula is C24H28N4O6. The molecule has 0 unspecified atom stereocenters. The molecule has 1 saturated heterocycles. The van der Waals surface area contributed by atoms with Gasteiger partial charge in [-0.25, -0.2) is 4.79 Å². The van der Waals surface area contributed by atoms with Crippen LogP contribution >= 0.6 is 0 Å². The van der Waals surface area contributed by atoms with E-state index in [0.717, 1.165) is 5.52 Å². The van der Waals surface area contributed by atoms with Gasteiger partial charge in [0.1, 0.15) is 5.75 Å². The standard InChI is InChI=1S/C24H28N4O6/c1-4-33-24(31)22-21(17-14-16(32-3)7-8-18(17)26(22)2)25-20(29)15-27-9-11-28(12-10-27)23(30)19-6-5-13-34-19/h5-8,13-14H,4,9-12,15H2,1-3H3,(H,25,29). The fourth-order valence-electron chi connectivity index (χ4n) is 4.16. The second-order valence-corrected chi connectivity index (χ2v) is 7.98. The molecule has 10 nitrogen and oxygen atoms in total. The Morgan fingerprint density at radius 2 is 1.88 bits per heavy atom. The monoisotopic (exact) mass is 468 g/mol. The van der Waals surface area contributed by atoms with Crippen molar-refractivity contribution in [2.45, 2.75) is 6.92 Å². The van der Waals surface area contributed by atoms with Crippen molar-refractivity contribution < 1.29 is 28.3 Å². The molecule has 3 heterocycles. The van der Waals surface area contributed by atoms with Crippen LogP contribution in [0.4, 0.5) is 5.69 Å². The highest BCUT2D eigenvalue weighted by Crippen LogP contribution is 2.33. The lowest BCUT2D eigenvalue weighted by atomic mass is 10.2. The van der Waals surface area contributed by atoms with Crippen molar-refractivity contribution in [3.8, 4) is 5.75 Å². The predicted octanol–water partition coefficient (Wildman–Crippen LogP) is 2.35. The third-order valence-corrected chi connectivity index (χ3v) is 5.90. The third kappa shape index (κ3) is 4.62. The van der Waals surface area contributed by atoms with E-state index in [1.165, 1.54) is 6.26 Å². The van der Waals surface area contributed by atoms with Crippen LogP contribution in [0.15, 0.2) is 41.0 Å². The Bertz CT molecular complexity index is 1190. The molecule has 34 heavy (non-hydrogen) atoms. The lowest BCUT2D eigenvalue weighted by molar-refractivity contribution is -0.117. The number of hydrogen-bond acceptors (Lipinski definition) is 7. The summed E-state index contributed by atoms with van der Waals surface area (Å²) in [5.74, 6) is -0.00416. The molecule has 0 bridgehead atoms. The number of nitrogens with zero attached hydrogens (tertiary/aromatic N) is 3. The molecule has 4 rings (SSSR count). The Hall–Kier alpha value is -3.79. The minimum atomic E-state index is -0.513. The van der Waals surface area contributed by atoms with E-state index in [1.54, 1.807) is 54.8 Å². The van der Waals surface area contributed by atoms with E-state index in [1.807, 2.05) is 11.0 Å². The molecule has 0 atom stereocenters. The maximum Gasteiger partial charge on any atom is 0.357 e. The number of carbonyl (C=O) groups excluding carboxylic acids is 3.